The fourth-order valence-electron chi connectivity index (χ4n) is 0.866. The van der Waals surface area contributed by atoms with Crippen LogP contribution in [0.5, 0.6) is 0 Å². The van der Waals surface area contributed by atoms with Gasteiger partial charge in [0.25, 0.3) is 0 Å². The van der Waals surface area contributed by atoms with E-state index >= 15 is 0 Å². The van der Waals surface area contributed by atoms with E-state index in [2.05, 4.69) is 25.9 Å². The molecule has 0 fully saturated rings. The highest BCUT2D eigenvalue weighted by molar-refractivity contribution is 9.08. The highest BCUT2D eigenvalue weighted by atomic mass is 79.9. The molecule has 0 saturated heterocycles. The SMILES string of the molecule is CC(C)(C)OC(=O)c1cnc(CBr)nc1. The lowest BCUT2D eigenvalue weighted by Crippen LogP contribution is -2.24. The molecule has 0 amide bonds. The summed E-state index contributed by atoms with van der Waals surface area (Å²) in [5, 5.41) is 0.571. The normalized spacial score (nSPS) is 11.2. The largest absolute Gasteiger partial charge is 0.456 e. The molecule has 82 valence electrons. The molecule has 0 unspecified atom stereocenters. The Bertz CT molecular complexity index is 343. The Hall–Kier alpha value is -0.970. The van der Waals surface area contributed by atoms with Gasteiger partial charge in [-0.3, -0.25) is 0 Å². The summed E-state index contributed by atoms with van der Waals surface area (Å²) in [4.78, 5) is 19.5. The van der Waals surface area contributed by atoms with E-state index in [1.807, 2.05) is 20.8 Å². The van der Waals surface area contributed by atoms with Crippen LogP contribution in [-0.4, -0.2) is 21.5 Å². The van der Waals surface area contributed by atoms with Gasteiger partial charge in [-0.15, -0.1) is 0 Å². The first-order valence-corrected chi connectivity index (χ1v) is 5.65. The van der Waals surface area contributed by atoms with Crippen LogP contribution in [0.3, 0.4) is 0 Å². The number of aromatic nitrogens is 2. The van der Waals surface area contributed by atoms with Crippen LogP contribution in [0.25, 0.3) is 0 Å². The number of rotatable bonds is 2. The van der Waals surface area contributed by atoms with Gasteiger partial charge in [-0.25, -0.2) is 14.8 Å². The number of carbonyl (C=O) groups is 1. The standard InChI is InChI=1S/C10H13BrN2O2/c1-10(2,3)15-9(14)7-5-12-8(4-11)13-6-7/h5-6H,4H2,1-3H3. The Balaban J connectivity index is 2.75. The summed E-state index contributed by atoms with van der Waals surface area (Å²) < 4.78 is 5.17. The van der Waals surface area contributed by atoms with Crippen LogP contribution >= 0.6 is 15.9 Å². The molecule has 0 aliphatic heterocycles. The Kier molecular flexibility index (Phi) is 3.79. The first-order valence-electron chi connectivity index (χ1n) is 4.52. The summed E-state index contributed by atoms with van der Waals surface area (Å²) in [6, 6.07) is 0. The fraction of sp³-hybridized carbons (Fsp3) is 0.500. The van der Waals surface area contributed by atoms with Crippen molar-refractivity contribution in [2.45, 2.75) is 31.7 Å². The second-order valence-electron chi connectivity index (χ2n) is 4.02. The summed E-state index contributed by atoms with van der Waals surface area (Å²) in [5.41, 5.74) is -0.125. The van der Waals surface area contributed by atoms with Crippen molar-refractivity contribution in [3.63, 3.8) is 0 Å². The van der Waals surface area contributed by atoms with E-state index in [1.165, 1.54) is 12.4 Å². The first kappa shape index (κ1) is 12.1. The van der Waals surface area contributed by atoms with Gasteiger partial charge in [0.05, 0.1) is 10.9 Å². The lowest BCUT2D eigenvalue weighted by atomic mass is 10.2. The Morgan fingerprint density at radius 1 is 1.40 bits per heavy atom. The molecule has 1 heterocycles. The van der Waals surface area contributed by atoms with Gasteiger partial charge in [-0.2, -0.15) is 0 Å². The molecule has 1 rings (SSSR count). The molecule has 1 aromatic heterocycles. The van der Waals surface area contributed by atoms with Crippen LogP contribution in [-0.2, 0) is 10.1 Å². The lowest BCUT2D eigenvalue weighted by molar-refractivity contribution is 0.00686. The molecule has 0 aliphatic rings. The smallest absolute Gasteiger partial charge is 0.341 e. The summed E-state index contributed by atoms with van der Waals surface area (Å²) in [6.07, 6.45) is 2.94. The highest BCUT2D eigenvalue weighted by Crippen LogP contribution is 2.11. The van der Waals surface area contributed by atoms with Crippen LogP contribution in [0.15, 0.2) is 12.4 Å². The number of nitrogens with zero attached hydrogens (tertiary/aromatic N) is 2. The molecule has 0 saturated carbocycles. The zero-order chi connectivity index (χ0) is 11.5. The maximum absolute atomic E-state index is 11.5. The van der Waals surface area contributed by atoms with Crippen molar-refractivity contribution in [3.05, 3.63) is 23.8 Å². The Labute approximate surface area is 97.2 Å². The Morgan fingerprint density at radius 3 is 2.33 bits per heavy atom. The third kappa shape index (κ3) is 3.95. The predicted molar refractivity (Wildman–Crippen MR) is 59.8 cm³/mol. The summed E-state index contributed by atoms with van der Waals surface area (Å²) >= 11 is 3.23. The zero-order valence-electron chi connectivity index (χ0n) is 8.95. The van der Waals surface area contributed by atoms with Crippen LogP contribution in [0.1, 0.15) is 37.0 Å². The van der Waals surface area contributed by atoms with Crippen molar-refractivity contribution in [1.82, 2.24) is 9.97 Å². The minimum atomic E-state index is -0.495. The monoisotopic (exact) mass is 272 g/mol. The minimum absolute atomic E-state index is 0.370. The maximum Gasteiger partial charge on any atom is 0.341 e. The number of ether oxygens (including phenoxy) is 1. The minimum Gasteiger partial charge on any atom is -0.456 e. The molecule has 0 atom stereocenters. The molecule has 15 heavy (non-hydrogen) atoms. The molecule has 0 N–H and O–H groups in total. The highest BCUT2D eigenvalue weighted by Gasteiger charge is 2.18. The topological polar surface area (TPSA) is 52.1 Å². The number of hydrogen-bond donors (Lipinski definition) is 0. The van der Waals surface area contributed by atoms with Gasteiger partial charge in [0.15, 0.2) is 0 Å². The molecule has 0 radical (unpaired) electrons. The molecule has 0 spiro atoms. The van der Waals surface area contributed by atoms with Crippen LogP contribution in [0.2, 0.25) is 0 Å². The van der Waals surface area contributed by atoms with Crippen LogP contribution in [0, 0.1) is 0 Å². The number of hydrogen-bond acceptors (Lipinski definition) is 4. The maximum atomic E-state index is 11.5. The molecular weight excluding hydrogens is 260 g/mol. The van der Waals surface area contributed by atoms with Crippen molar-refractivity contribution in [1.29, 1.82) is 0 Å². The molecule has 4 nitrogen and oxygen atoms in total. The Morgan fingerprint density at radius 2 is 1.93 bits per heavy atom. The van der Waals surface area contributed by atoms with Gasteiger partial charge in [0, 0.05) is 12.4 Å². The first-order chi connectivity index (χ1) is 6.92. The summed E-state index contributed by atoms with van der Waals surface area (Å²) in [7, 11) is 0. The number of carbonyl (C=O) groups excluding carboxylic acids is 1. The number of alkyl halides is 1. The van der Waals surface area contributed by atoms with Gasteiger partial charge in [0.1, 0.15) is 11.4 Å². The van der Waals surface area contributed by atoms with Crippen molar-refractivity contribution in [2.75, 3.05) is 0 Å². The van der Waals surface area contributed by atoms with Crippen LogP contribution in [0.4, 0.5) is 0 Å². The average Bonchev–Trinajstić information content (AvgIpc) is 2.15. The van der Waals surface area contributed by atoms with E-state index < -0.39 is 11.6 Å². The van der Waals surface area contributed by atoms with E-state index in [1.54, 1.807) is 0 Å². The molecule has 0 aromatic carbocycles. The predicted octanol–water partition coefficient (Wildman–Crippen LogP) is 2.33. The molecule has 5 heteroatoms. The van der Waals surface area contributed by atoms with Gasteiger partial charge < -0.3 is 4.74 Å². The second kappa shape index (κ2) is 4.70. The van der Waals surface area contributed by atoms with E-state index in [0.29, 0.717) is 16.7 Å². The summed E-state index contributed by atoms with van der Waals surface area (Å²) in [6.45, 7) is 5.45. The molecule has 0 aliphatic carbocycles. The van der Waals surface area contributed by atoms with Crippen molar-refractivity contribution in [2.24, 2.45) is 0 Å². The third-order valence-electron chi connectivity index (χ3n) is 1.46. The van der Waals surface area contributed by atoms with E-state index in [-0.39, 0.29) is 0 Å². The van der Waals surface area contributed by atoms with Crippen molar-refractivity contribution >= 4 is 21.9 Å². The molecule has 1 aromatic rings. The number of esters is 1. The zero-order valence-corrected chi connectivity index (χ0v) is 10.5. The summed E-state index contributed by atoms with van der Waals surface area (Å²) in [5.74, 6) is 0.242. The number of halogens is 1. The van der Waals surface area contributed by atoms with Gasteiger partial charge in [0.2, 0.25) is 0 Å². The lowest BCUT2D eigenvalue weighted by Gasteiger charge is -2.19. The molecule has 0 bridgehead atoms. The van der Waals surface area contributed by atoms with E-state index in [4.69, 9.17) is 4.74 Å². The quantitative estimate of drug-likeness (QED) is 0.613. The van der Waals surface area contributed by atoms with Gasteiger partial charge in [-0.05, 0) is 20.8 Å². The average molecular weight is 273 g/mol. The fourth-order valence-corrected chi connectivity index (χ4v) is 1.16. The second-order valence-corrected chi connectivity index (χ2v) is 4.58. The van der Waals surface area contributed by atoms with Crippen molar-refractivity contribution in [3.8, 4) is 0 Å². The third-order valence-corrected chi connectivity index (χ3v) is 1.96. The van der Waals surface area contributed by atoms with Gasteiger partial charge in [-0.1, -0.05) is 15.9 Å². The van der Waals surface area contributed by atoms with Crippen molar-refractivity contribution < 1.29 is 9.53 Å². The van der Waals surface area contributed by atoms with Crippen LogP contribution < -0.4 is 0 Å². The van der Waals surface area contributed by atoms with E-state index in [0.717, 1.165) is 0 Å². The van der Waals surface area contributed by atoms with Gasteiger partial charge >= 0.3 is 5.97 Å². The molecular formula is C10H13BrN2O2. The van der Waals surface area contributed by atoms with E-state index in [9.17, 15) is 4.79 Å².